The lowest BCUT2D eigenvalue weighted by atomic mass is 9.77. The monoisotopic (exact) mass is 331 g/mol. The number of aliphatic carboxylic acids is 1. The molecular formula is C15H25NO5S. The van der Waals surface area contributed by atoms with Gasteiger partial charge in [0.15, 0.2) is 9.84 Å². The second kappa shape index (κ2) is 6.56. The number of carbonyl (C=O) groups excluding carboxylic acids is 1. The zero-order chi connectivity index (χ0) is 16.4. The minimum Gasteiger partial charge on any atom is -0.480 e. The van der Waals surface area contributed by atoms with Crippen LogP contribution in [0.4, 0.5) is 0 Å². The van der Waals surface area contributed by atoms with Gasteiger partial charge in [-0.05, 0) is 44.4 Å². The van der Waals surface area contributed by atoms with E-state index in [4.69, 9.17) is 0 Å². The van der Waals surface area contributed by atoms with E-state index in [1.807, 2.05) is 0 Å². The Bertz CT molecular complexity index is 528. The predicted molar refractivity (Wildman–Crippen MR) is 82.2 cm³/mol. The number of carboxylic acids is 1. The normalized spacial score (nSPS) is 30.1. The van der Waals surface area contributed by atoms with Gasteiger partial charge in [-0.15, -0.1) is 0 Å². The fourth-order valence-electron chi connectivity index (χ4n) is 3.50. The Labute approximate surface area is 131 Å². The Hall–Kier alpha value is -1.11. The summed E-state index contributed by atoms with van der Waals surface area (Å²) < 4.78 is 24.4. The molecule has 0 radical (unpaired) electrons. The minimum atomic E-state index is -3.48. The summed E-state index contributed by atoms with van der Waals surface area (Å²) in [4.78, 5) is 23.7. The Kier molecular flexibility index (Phi) is 5.14. The average molecular weight is 331 g/mol. The van der Waals surface area contributed by atoms with Gasteiger partial charge in [0.2, 0.25) is 5.91 Å². The lowest BCUT2D eigenvalue weighted by molar-refractivity contribution is -0.149. The third kappa shape index (κ3) is 3.80. The molecule has 2 saturated carbocycles. The van der Waals surface area contributed by atoms with Gasteiger partial charge >= 0.3 is 5.97 Å². The highest BCUT2D eigenvalue weighted by Gasteiger charge is 2.43. The van der Waals surface area contributed by atoms with E-state index < -0.39 is 38.3 Å². The van der Waals surface area contributed by atoms with Crippen molar-refractivity contribution in [3.63, 3.8) is 0 Å². The predicted octanol–water partition coefficient (Wildman–Crippen LogP) is 1.49. The molecule has 0 atom stereocenters. The van der Waals surface area contributed by atoms with Crippen LogP contribution in [0.1, 0.15) is 58.3 Å². The topological polar surface area (TPSA) is 101 Å². The van der Waals surface area contributed by atoms with Crippen molar-refractivity contribution in [2.45, 2.75) is 69.1 Å². The molecule has 1 amide bonds. The van der Waals surface area contributed by atoms with Gasteiger partial charge in [0.05, 0.1) is 5.25 Å². The maximum Gasteiger partial charge on any atom is 0.329 e. The number of carboxylic acid groups (broad SMARTS) is 1. The lowest BCUT2D eigenvalue weighted by Crippen LogP contribution is -2.57. The van der Waals surface area contributed by atoms with Crippen LogP contribution in [0.25, 0.3) is 0 Å². The first-order valence-electron chi connectivity index (χ1n) is 8.01. The maximum absolute atomic E-state index is 12.2. The summed E-state index contributed by atoms with van der Waals surface area (Å²) in [5.74, 6) is -1.90. The highest BCUT2D eigenvalue weighted by Crippen LogP contribution is 2.32. The van der Waals surface area contributed by atoms with Gasteiger partial charge in [0.1, 0.15) is 11.3 Å². The summed E-state index contributed by atoms with van der Waals surface area (Å²) >= 11 is 0. The molecular weight excluding hydrogens is 306 g/mol. The molecule has 0 aromatic heterocycles. The zero-order valence-corrected chi connectivity index (χ0v) is 13.8. The largest absolute Gasteiger partial charge is 0.480 e. The Balaban J connectivity index is 2.01. The smallest absolute Gasteiger partial charge is 0.329 e. The molecule has 2 N–H and O–H groups in total. The quantitative estimate of drug-likeness (QED) is 0.795. The Morgan fingerprint density at radius 3 is 2.18 bits per heavy atom. The van der Waals surface area contributed by atoms with Crippen LogP contribution in [0.5, 0.6) is 0 Å². The molecule has 0 aliphatic heterocycles. The third-order valence-electron chi connectivity index (χ3n) is 5.06. The van der Waals surface area contributed by atoms with Crippen LogP contribution in [-0.2, 0) is 19.4 Å². The molecule has 126 valence electrons. The fourth-order valence-corrected chi connectivity index (χ4v) is 5.22. The number of hydrogen-bond donors (Lipinski definition) is 2. The molecule has 2 rings (SSSR count). The molecule has 6 nitrogen and oxygen atoms in total. The molecule has 0 spiro atoms. The van der Waals surface area contributed by atoms with E-state index in [1.54, 1.807) is 0 Å². The van der Waals surface area contributed by atoms with E-state index in [0.29, 0.717) is 31.6 Å². The van der Waals surface area contributed by atoms with Crippen LogP contribution < -0.4 is 5.32 Å². The van der Waals surface area contributed by atoms with Crippen molar-refractivity contribution >= 4 is 21.7 Å². The summed E-state index contributed by atoms with van der Waals surface area (Å²) in [7, 11) is -3.48. The molecule has 7 heteroatoms. The van der Waals surface area contributed by atoms with Gasteiger partial charge in [0, 0.05) is 0 Å². The Morgan fingerprint density at radius 1 is 1.14 bits per heavy atom. The van der Waals surface area contributed by atoms with E-state index >= 15 is 0 Å². The molecule has 2 aliphatic carbocycles. The van der Waals surface area contributed by atoms with Crippen LogP contribution >= 0.6 is 0 Å². The van der Waals surface area contributed by atoms with E-state index in [-0.39, 0.29) is 0 Å². The van der Waals surface area contributed by atoms with Crippen molar-refractivity contribution in [2.24, 2.45) is 5.92 Å². The van der Waals surface area contributed by atoms with Crippen molar-refractivity contribution in [2.75, 3.05) is 5.75 Å². The highest BCUT2D eigenvalue weighted by atomic mass is 32.2. The molecule has 0 heterocycles. The van der Waals surface area contributed by atoms with Crippen molar-refractivity contribution in [3.05, 3.63) is 0 Å². The summed E-state index contributed by atoms with van der Waals surface area (Å²) in [6.07, 6.45) is 5.14. The number of amides is 1. The van der Waals surface area contributed by atoms with Crippen LogP contribution in [0.15, 0.2) is 0 Å². The second-order valence-corrected chi connectivity index (χ2v) is 9.11. The molecule has 0 aromatic carbocycles. The number of carbonyl (C=O) groups is 2. The van der Waals surface area contributed by atoms with Gasteiger partial charge in [-0.2, -0.15) is 0 Å². The number of rotatable bonds is 5. The van der Waals surface area contributed by atoms with Crippen molar-refractivity contribution < 1.29 is 23.1 Å². The first-order valence-corrected chi connectivity index (χ1v) is 9.73. The minimum absolute atomic E-state index is 0.360. The molecule has 0 aromatic rings. The molecule has 22 heavy (non-hydrogen) atoms. The summed E-state index contributed by atoms with van der Waals surface area (Å²) in [5.41, 5.74) is -1.30. The van der Waals surface area contributed by atoms with Gasteiger partial charge < -0.3 is 10.4 Å². The van der Waals surface area contributed by atoms with Gasteiger partial charge in [0.25, 0.3) is 0 Å². The highest BCUT2D eigenvalue weighted by molar-refractivity contribution is 7.92. The summed E-state index contributed by atoms with van der Waals surface area (Å²) in [6.45, 7) is 2.05. The Morgan fingerprint density at radius 2 is 1.68 bits per heavy atom. The van der Waals surface area contributed by atoms with E-state index in [1.165, 1.54) is 0 Å². The summed E-state index contributed by atoms with van der Waals surface area (Å²) in [5, 5.41) is 11.5. The number of sulfone groups is 1. The van der Waals surface area contributed by atoms with E-state index in [0.717, 1.165) is 25.7 Å². The van der Waals surface area contributed by atoms with Gasteiger partial charge in [-0.1, -0.05) is 19.8 Å². The van der Waals surface area contributed by atoms with Crippen molar-refractivity contribution in [3.8, 4) is 0 Å². The fraction of sp³-hybridized carbons (Fsp3) is 0.867. The van der Waals surface area contributed by atoms with Crippen LogP contribution in [-0.4, -0.2) is 41.9 Å². The van der Waals surface area contributed by atoms with Crippen LogP contribution in [0.2, 0.25) is 0 Å². The standard InChI is InChI=1S/C15H25NO5S/c1-11-6-8-15(9-7-11,14(18)19)16-13(17)10-22(20,21)12-4-2-3-5-12/h11-12H,2-10H2,1H3,(H,16,17)(H,18,19). The first-order chi connectivity index (χ1) is 10.3. The van der Waals surface area contributed by atoms with Gasteiger partial charge in [-0.25, -0.2) is 13.2 Å². The molecule has 0 unspecified atom stereocenters. The second-order valence-electron chi connectivity index (χ2n) is 6.83. The SMILES string of the molecule is CC1CCC(NC(=O)CS(=O)(=O)C2CCCC2)(C(=O)O)CC1. The van der Waals surface area contributed by atoms with Gasteiger partial charge in [-0.3, -0.25) is 4.79 Å². The molecule has 0 saturated heterocycles. The van der Waals surface area contributed by atoms with Crippen molar-refractivity contribution in [1.29, 1.82) is 0 Å². The average Bonchev–Trinajstić information content (AvgIpc) is 2.95. The maximum atomic E-state index is 12.2. The number of nitrogens with one attached hydrogen (secondary N) is 1. The van der Waals surface area contributed by atoms with Crippen molar-refractivity contribution in [1.82, 2.24) is 5.32 Å². The lowest BCUT2D eigenvalue weighted by Gasteiger charge is -2.36. The number of hydrogen-bond acceptors (Lipinski definition) is 4. The zero-order valence-electron chi connectivity index (χ0n) is 13.0. The molecule has 2 aliphatic rings. The molecule has 0 bridgehead atoms. The third-order valence-corrected chi connectivity index (χ3v) is 7.21. The molecule has 2 fully saturated rings. The van der Waals surface area contributed by atoms with Crippen LogP contribution in [0, 0.1) is 5.92 Å². The summed E-state index contributed by atoms with van der Waals surface area (Å²) in [6, 6.07) is 0. The van der Waals surface area contributed by atoms with E-state index in [9.17, 15) is 23.1 Å². The van der Waals surface area contributed by atoms with Crippen LogP contribution in [0.3, 0.4) is 0 Å². The first kappa shape index (κ1) is 17.2. The van der Waals surface area contributed by atoms with E-state index in [2.05, 4.69) is 12.2 Å².